The van der Waals surface area contributed by atoms with E-state index >= 15 is 0 Å². The van der Waals surface area contributed by atoms with Crippen LogP contribution in [0.2, 0.25) is 0 Å². The van der Waals surface area contributed by atoms with Crippen molar-refractivity contribution < 1.29 is 0 Å². The Kier molecular flexibility index (Phi) is 3.97. The molecule has 0 amide bonds. The molecule has 0 unspecified atom stereocenters. The Morgan fingerprint density at radius 2 is 1.90 bits per heavy atom. The van der Waals surface area contributed by atoms with Crippen molar-refractivity contribution in [2.24, 2.45) is 0 Å². The Morgan fingerprint density at radius 1 is 1.14 bits per heavy atom. The first-order chi connectivity index (χ1) is 9.96. The fourth-order valence-corrected chi connectivity index (χ4v) is 3.25. The minimum absolute atomic E-state index is 0.0469. The van der Waals surface area contributed by atoms with Gasteiger partial charge in [0.05, 0.1) is 22.6 Å². The average Bonchev–Trinajstić information content (AvgIpc) is 2.94. The number of para-hydroxylation sites is 1. The molecule has 2 heterocycles. The lowest BCUT2D eigenvalue weighted by Gasteiger charge is -2.16. The number of halogens is 3. The topological polar surface area (TPSA) is 34.9 Å². The summed E-state index contributed by atoms with van der Waals surface area (Å²) in [4.78, 5) is 17.4. The van der Waals surface area contributed by atoms with E-state index in [-0.39, 0.29) is 6.54 Å². The second kappa shape index (κ2) is 5.61. The molecule has 3 aromatic rings. The summed E-state index contributed by atoms with van der Waals surface area (Å²) in [6.07, 6.45) is 0. The van der Waals surface area contributed by atoms with Gasteiger partial charge in [0, 0.05) is 5.39 Å². The third-order valence-electron chi connectivity index (χ3n) is 2.98. The first-order valence-electron chi connectivity index (χ1n) is 6.06. The van der Waals surface area contributed by atoms with Gasteiger partial charge in [0.25, 0.3) is 0 Å². The van der Waals surface area contributed by atoms with Crippen molar-refractivity contribution in [2.45, 2.75) is 10.3 Å². The molecule has 0 saturated heterocycles. The average molecular weight is 360 g/mol. The smallest absolute Gasteiger partial charge is 0.288 e. The highest BCUT2D eigenvalue weighted by molar-refractivity contribution is 7.13. The van der Waals surface area contributed by atoms with E-state index in [2.05, 4.69) is 4.98 Å². The second-order valence-electron chi connectivity index (χ2n) is 4.44. The summed E-state index contributed by atoms with van der Waals surface area (Å²) in [7, 11) is 0. The molecule has 0 bridgehead atoms. The van der Waals surface area contributed by atoms with Crippen molar-refractivity contribution in [3.63, 3.8) is 0 Å². The molecule has 0 aliphatic carbocycles. The van der Waals surface area contributed by atoms with Crippen LogP contribution in [0.3, 0.4) is 0 Å². The molecule has 0 aliphatic heterocycles. The monoisotopic (exact) mass is 358 g/mol. The van der Waals surface area contributed by atoms with Gasteiger partial charge in [0.1, 0.15) is 0 Å². The number of hydrogen-bond acceptors (Lipinski definition) is 3. The maximum absolute atomic E-state index is 12.3. The van der Waals surface area contributed by atoms with Gasteiger partial charge in [-0.2, -0.15) is 4.98 Å². The lowest BCUT2D eigenvalue weighted by Crippen LogP contribution is -2.29. The zero-order chi connectivity index (χ0) is 15.0. The summed E-state index contributed by atoms with van der Waals surface area (Å²) in [5.74, 6) is 0. The minimum Gasteiger partial charge on any atom is -0.288 e. The summed E-state index contributed by atoms with van der Waals surface area (Å²) in [5, 5.41) is 2.80. The van der Waals surface area contributed by atoms with Gasteiger partial charge in [-0.3, -0.25) is 4.57 Å². The van der Waals surface area contributed by atoms with Gasteiger partial charge in [-0.25, -0.2) is 4.79 Å². The summed E-state index contributed by atoms with van der Waals surface area (Å²) < 4.78 is -0.168. The first-order valence-corrected chi connectivity index (χ1v) is 8.07. The normalized spacial score (nSPS) is 12.0. The van der Waals surface area contributed by atoms with Crippen LogP contribution in [-0.2, 0) is 6.54 Å². The Morgan fingerprint density at radius 3 is 2.57 bits per heavy atom. The predicted molar refractivity (Wildman–Crippen MR) is 89.6 cm³/mol. The largest absolute Gasteiger partial charge is 0.348 e. The highest BCUT2D eigenvalue weighted by atomic mass is 35.6. The molecule has 0 atom stereocenters. The molecule has 108 valence electrons. The molecule has 0 radical (unpaired) electrons. The number of fused-ring (bicyclic) bond motifs is 1. The standard InChI is InChI=1S/C14H9Cl3N2OS/c15-14(16,17)8-19-10-5-2-1-4-9(10)12(18-13(19)20)11-6-3-7-21-11/h1-7H,8H2. The van der Waals surface area contributed by atoms with Crippen LogP contribution in [0.4, 0.5) is 0 Å². The zero-order valence-electron chi connectivity index (χ0n) is 10.6. The highest BCUT2D eigenvalue weighted by Gasteiger charge is 2.23. The molecule has 21 heavy (non-hydrogen) atoms. The van der Waals surface area contributed by atoms with E-state index in [1.807, 2.05) is 41.8 Å². The van der Waals surface area contributed by atoms with Crippen molar-refractivity contribution in [3.8, 4) is 10.6 Å². The van der Waals surface area contributed by atoms with Gasteiger partial charge in [0.2, 0.25) is 3.79 Å². The van der Waals surface area contributed by atoms with E-state index < -0.39 is 9.48 Å². The minimum atomic E-state index is -1.56. The number of hydrogen-bond donors (Lipinski definition) is 0. The first kappa shape index (κ1) is 14.9. The van der Waals surface area contributed by atoms with E-state index in [1.165, 1.54) is 15.9 Å². The molecular weight excluding hydrogens is 351 g/mol. The van der Waals surface area contributed by atoms with Crippen LogP contribution in [0, 0.1) is 0 Å². The number of rotatable bonds is 2. The molecule has 7 heteroatoms. The molecule has 0 spiro atoms. The van der Waals surface area contributed by atoms with Crippen LogP contribution in [0.1, 0.15) is 0 Å². The Labute approximate surface area is 139 Å². The summed E-state index contributed by atoms with van der Waals surface area (Å²) in [5.41, 5.74) is 0.932. The quantitative estimate of drug-likeness (QED) is 0.632. The Hall–Kier alpha value is -1.07. The van der Waals surface area contributed by atoms with E-state index in [4.69, 9.17) is 34.8 Å². The molecule has 0 aliphatic rings. The van der Waals surface area contributed by atoms with Crippen LogP contribution >= 0.6 is 46.1 Å². The van der Waals surface area contributed by atoms with Crippen LogP contribution < -0.4 is 5.69 Å². The summed E-state index contributed by atoms with van der Waals surface area (Å²) in [6.45, 7) is -0.0469. The lowest BCUT2D eigenvalue weighted by molar-refractivity contribution is 0.692. The van der Waals surface area contributed by atoms with Gasteiger partial charge in [-0.15, -0.1) is 11.3 Å². The van der Waals surface area contributed by atoms with E-state index in [9.17, 15) is 4.79 Å². The van der Waals surface area contributed by atoms with E-state index in [0.29, 0.717) is 11.2 Å². The van der Waals surface area contributed by atoms with Crippen molar-refractivity contribution in [2.75, 3.05) is 0 Å². The zero-order valence-corrected chi connectivity index (χ0v) is 13.7. The van der Waals surface area contributed by atoms with E-state index in [1.54, 1.807) is 0 Å². The molecule has 3 rings (SSSR count). The van der Waals surface area contributed by atoms with Crippen LogP contribution in [0.5, 0.6) is 0 Å². The van der Waals surface area contributed by atoms with Gasteiger partial charge < -0.3 is 0 Å². The van der Waals surface area contributed by atoms with Gasteiger partial charge in [-0.05, 0) is 17.5 Å². The molecule has 1 aromatic carbocycles. The van der Waals surface area contributed by atoms with Gasteiger partial charge in [0.15, 0.2) is 0 Å². The predicted octanol–water partition coefficient (Wildman–Crippen LogP) is 4.50. The fraction of sp³-hybridized carbons (Fsp3) is 0.143. The molecule has 0 fully saturated rings. The molecular formula is C14H9Cl3N2OS. The van der Waals surface area contributed by atoms with Crippen LogP contribution in [-0.4, -0.2) is 13.3 Å². The number of nitrogens with zero attached hydrogens (tertiary/aromatic N) is 2. The third-order valence-corrected chi connectivity index (χ3v) is 4.22. The van der Waals surface area contributed by atoms with Gasteiger partial charge in [-0.1, -0.05) is 59.1 Å². The maximum atomic E-state index is 12.3. The Bertz CT molecular complexity index is 838. The SMILES string of the molecule is O=c1nc(-c2cccs2)c2ccccc2n1CC(Cl)(Cl)Cl. The van der Waals surface area contributed by atoms with Crippen molar-refractivity contribution in [1.82, 2.24) is 9.55 Å². The van der Waals surface area contributed by atoms with Crippen LogP contribution in [0.15, 0.2) is 46.6 Å². The number of alkyl halides is 3. The molecule has 0 N–H and O–H groups in total. The fourth-order valence-electron chi connectivity index (χ4n) is 2.16. The van der Waals surface area contributed by atoms with Crippen LogP contribution in [0.25, 0.3) is 21.5 Å². The molecule has 0 saturated carbocycles. The van der Waals surface area contributed by atoms with E-state index in [0.717, 1.165) is 10.3 Å². The summed E-state index contributed by atoms with van der Waals surface area (Å²) in [6, 6.07) is 11.3. The third kappa shape index (κ3) is 3.09. The van der Waals surface area contributed by atoms with Crippen molar-refractivity contribution in [1.29, 1.82) is 0 Å². The number of thiophene rings is 1. The summed E-state index contributed by atoms with van der Waals surface area (Å²) >= 11 is 19.0. The van der Waals surface area contributed by atoms with Gasteiger partial charge >= 0.3 is 5.69 Å². The number of benzene rings is 1. The lowest BCUT2D eigenvalue weighted by atomic mass is 10.1. The van der Waals surface area contributed by atoms with Crippen molar-refractivity contribution >= 4 is 57.0 Å². The second-order valence-corrected chi connectivity index (χ2v) is 7.90. The maximum Gasteiger partial charge on any atom is 0.348 e. The number of aromatic nitrogens is 2. The molecule has 3 nitrogen and oxygen atoms in total. The Balaban J connectivity index is 2.31. The highest BCUT2D eigenvalue weighted by Crippen LogP contribution is 2.31. The molecule has 2 aromatic heterocycles. The van der Waals surface area contributed by atoms with Crippen molar-refractivity contribution in [3.05, 3.63) is 52.3 Å².